The van der Waals surface area contributed by atoms with E-state index in [-0.39, 0.29) is 5.75 Å². The summed E-state index contributed by atoms with van der Waals surface area (Å²) >= 11 is 1.18. The standard InChI is InChI=1S/C12H14N4O2S/c1-16-12(19-8-11(17)18)14-10(15-16)5-4-9-3-2-6-13-7-9/h2-3,6-7H,4-5,8H2,1H3,(H,17,18). The zero-order valence-corrected chi connectivity index (χ0v) is 11.3. The average Bonchev–Trinajstić information content (AvgIpc) is 2.76. The van der Waals surface area contributed by atoms with Crippen molar-refractivity contribution in [3.63, 3.8) is 0 Å². The molecule has 0 unspecified atom stereocenters. The molecule has 0 aliphatic heterocycles. The number of pyridine rings is 1. The van der Waals surface area contributed by atoms with Gasteiger partial charge in [-0.1, -0.05) is 17.8 Å². The summed E-state index contributed by atoms with van der Waals surface area (Å²) in [6.45, 7) is 0. The van der Waals surface area contributed by atoms with Crippen LogP contribution in [0.2, 0.25) is 0 Å². The number of carboxylic acids is 1. The fraction of sp³-hybridized carbons (Fsp3) is 0.333. The van der Waals surface area contributed by atoms with Crippen LogP contribution in [0.3, 0.4) is 0 Å². The Morgan fingerprint density at radius 2 is 2.32 bits per heavy atom. The third-order valence-corrected chi connectivity index (χ3v) is 3.46. The van der Waals surface area contributed by atoms with E-state index in [4.69, 9.17) is 5.11 Å². The zero-order valence-electron chi connectivity index (χ0n) is 10.5. The van der Waals surface area contributed by atoms with Crippen LogP contribution in [-0.4, -0.2) is 36.6 Å². The third kappa shape index (κ3) is 4.06. The van der Waals surface area contributed by atoms with E-state index in [9.17, 15) is 4.79 Å². The van der Waals surface area contributed by atoms with Crippen molar-refractivity contribution >= 4 is 17.7 Å². The molecule has 0 bridgehead atoms. The molecule has 0 spiro atoms. The summed E-state index contributed by atoms with van der Waals surface area (Å²) in [6.07, 6.45) is 5.10. The Bertz CT molecular complexity index is 556. The highest BCUT2D eigenvalue weighted by atomic mass is 32.2. The van der Waals surface area contributed by atoms with Crippen LogP contribution in [0.15, 0.2) is 29.7 Å². The van der Waals surface area contributed by atoms with Crippen LogP contribution in [0.1, 0.15) is 11.4 Å². The van der Waals surface area contributed by atoms with Gasteiger partial charge in [-0.25, -0.2) is 9.67 Å². The summed E-state index contributed by atoms with van der Waals surface area (Å²) in [5, 5.41) is 13.5. The van der Waals surface area contributed by atoms with Crippen LogP contribution in [0, 0.1) is 0 Å². The van der Waals surface area contributed by atoms with E-state index in [0.717, 1.165) is 17.8 Å². The molecule has 0 aliphatic carbocycles. The van der Waals surface area contributed by atoms with Crippen molar-refractivity contribution in [3.8, 4) is 0 Å². The number of hydrogen-bond donors (Lipinski definition) is 1. The number of carbonyl (C=O) groups is 1. The van der Waals surface area contributed by atoms with Crippen LogP contribution in [-0.2, 0) is 24.7 Å². The van der Waals surface area contributed by atoms with E-state index >= 15 is 0 Å². The molecule has 2 heterocycles. The highest BCUT2D eigenvalue weighted by Crippen LogP contribution is 2.15. The summed E-state index contributed by atoms with van der Waals surface area (Å²) < 4.78 is 1.62. The molecular formula is C12H14N4O2S. The van der Waals surface area contributed by atoms with Crippen molar-refractivity contribution in [1.82, 2.24) is 19.7 Å². The minimum atomic E-state index is -0.857. The van der Waals surface area contributed by atoms with Crippen molar-refractivity contribution in [2.24, 2.45) is 7.05 Å². The van der Waals surface area contributed by atoms with Gasteiger partial charge < -0.3 is 5.11 Å². The fourth-order valence-corrected chi connectivity index (χ4v) is 2.23. The highest BCUT2D eigenvalue weighted by Gasteiger charge is 2.09. The van der Waals surface area contributed by atoms with Crippen molar-refractivity contribution in [3.05, 3.63) is 35.9 Å². The van der Waals surface area contributed by atoms with Gasteiger partial charge in [-0.3, -0.25) is 9.78 Å². The molecule has 2 aromatic rings. The predicted octanol–water partition coefficient (Wildman–Crippen LogP) is 1.17. The third-order valence-electron chi connectivity index (χ3n) is 2.45. The van der Waals surface area contributed by atoms with Gasteiger partial charge in [-0.2, -0.15) is 5.10 Å². The summed E-state index contributed by atoms with van der Waals surface area (Å²) in [7, 11) is 1.77. The molecule has 19 heavy (non-hydrogen) atoms. The lowest BCUT2D eigenvalue weighted by Crippen LogP contribution is -2.00. The molecule has 0 fully saturated rings. The van der Waals surface area contributed by atoms with E-state index < -0.39 is 5.97 Å². The molecule has 0 aliphatic rings. The van der Waals surface area contributed by atoms with Gasteiger partial charge in [0.15, 0.2) is 11.0 Å². The minimum Gasteiger partial charge on any atom is -0.481 e. The Kier molecular flexibility index (Phi) is 4.51. The second-order valence-corrected chi connectivity index (χ2v) is 4.92. The molecule has 2 rings (SSSR count). The number of nitrogens with zero attached hydrogens (tertiary/aromatic N) is 4. The molecule has 0 aromatic carbocycles. The number of aromatic nitrogens is 4. The van der Waals surface area contributed by atoms with E-state index in [2.05, 4.69) is 15.1 Å². The Morgan fingerprint density at radius 3 is 3.00 bits per heavy atom. The molecular weight excluding hydrogens is 264 g/mol. The Balaban J connectivity index is 1.94. The van der Waals surface area contributed by atoms with Gasteiger partial charge >= 0.3 is 5.97 Å². The second-order valence-electron chi connectivity index (χ2n) is 3.98. The first-order chi connectivity index (χ1) is 9.15. The number of aryl methyl sites for hydroxylation is 3. The van der Waals surface area contributed by atoms with E-state index in [1.807, 2.05) is 18.3 Å². The van der Waals surface area contributed by atoms with E-state index in [0.29, 0.717) is 11.6 Å². The molecule has 6 nitrogen and oxygen atoms in total. The van der Waals surface area contributed by atoms with Crippen LogP contribution in [0.4, 0.5) is 0 Å². The van der Waals surface area contributed by atoms with Crippen molar-refractivity contribution < 1.29 is 9.90 Å². The lowest BCUT2D eigenvalue weighted by atomic mass is 10.1. The molecule has 0 saturated heterocycles. The smallest absolute Gasteiger partial charge is 0.313 e. The molecule has 0 atom stereocenters. The highest BCUT2D eigenvalue weighted by molar-refractivity contribution is 7.99. The van der Waals surface area contributed by atoms with Crippen LogP contribution in [0.25, 0.3) is 0 Å². The van der Waals surface area contributed by atoms with E-state index in [1.54, 1.807) is 17.9 Å². The van der Waals surface area contributed by atoms with Crippen LogP contribution in [0.5, 0.6) is 0 Å². The monoisotopic (exact) mass is 278 g/mol. The summed E-state index contributed by atoms with van der Waals surface area (Å²) in [5.74, 6) is -0.140. The first kappa shape index (κ1) is 13.5. The summed E-state index contributed by atoms with van der Waals surface area (Å²) in [4.78, 5) is 18.9. The lowest BCUT2D eigenvalue weighted by Gasteiger charge is -1.96. The van der Waals surface area contributed by atoms with Gasteiger partial charge in [0.2, 0.25) is 0 Å². The molecule has 0 saturated carbocycles. The van der Waals surface area contributed by atoms with Gasteiger partial charge in [0.05, 0.1) is 5.75 Å². The molecule has 0 radical (unpaired) electrons. The van der Waals surface area contributed by atoms with Crippen molar-refractivity contribution in [1.29, 1.82) is 0 Å². The molecule has 1 N–H and O–H groups in total. The fourth-order valence-electron chi connectivity index (χ4n) is 1.58. The average molecular weight is 278 g/mol. The largest absolute Gasteiger partial charge is 0.481 e. The zero-order chi connectivity index (χ0) is 13.7. The number of carboxylic acid groups (broad SMARTS) is 1. The summed E-state index contributed by atoms with van der Waals surface area (Å²) in [6, 6.07) is 3.91. The maximum absolute atomic E-state index is 10.5. The normalized spacial score (nSPS) is 10.6. The Hall–Kier alpha value is -1.89. The van der Waals surface area contributed by atoms with E-state index in [1.165, 1.54) is 11.8 Å². The molecule has 2 aromatic heterocycles. The van der Waals surface area contributed by atoms with Gasteiger partial charge in [-0.05, 0) is 18.1 Å². The number of thioether (sulfide) groups is 1. The first-order valence-electron chi connectivity index (χ1n) is 5.78. The summed E-state index contributed by atoms with van der Waals surface area (Å²) in [5.41, 5.74) is 1.13. The number of aliphatic carboxylic acids is 1. The van der Waals surface area contributed by atoms with Crippen molar-refractivity contribution in [2.75, 3.05) is 5.75 Å². The minimum absolute atomic E-state index is 0.00538. The molecule has 7 heteroatoms. The van der Waals surface area contributed by atoms with Crippen molar-refractivity contribution in [2.45, 2.75) is 18.0 Å². The van der Waals surface area contributed by atoms with Gasteiger partial charge in [0.1, 0.15) is 0 Å². The van der Waals surface area contributed by atoms with Crippen LogP contribution < -0.4 is 0 Å². The first-order valence-corrected chi connectivity index (χ1v) is 6.77. The van der Waals surface area contributed by atoms with Gasteiger partial charge in [0.25, 0.3) is 0 Å². The maximum Gasteiger partial charge on any atom is 0.313 e. The SMILES string of the molecule is Cn1nc(CCc2cccnc2)nc1SCC(=O)O. The molecule has 0 amide bonds. The Morgan fingerprint density at radius 1 is 1.47 bits per heavy atom. The van der Waals surface area contributed by atoms with Crippen LogP contribution >= 0.6 is 11.8 Å². The molecule has 100 valence electrons. The lowest BCUT2D eigenvalue weighted by molar-refractivity contribution is -0.133. The Labute approximate surface area is 114 Å². The topological polar surface area (TPSA) is 80.9 Å². The van der Waals surface area contributed by atoms with Gasteiger partial charge in [0, 0.05) is 25.9 Å². The second kappa shape index (κ2) is 6.33. The number of rotatable bonds is 6. The van der Waals surface area contributed by atoms with Gasteiger partial charge in [-0.15, -0.1) is 0 Å². The maximum atomic E-state index is 10.5. The number of hydrogen-bond acceptors (Lipinski definition) is 5. The quantitative estimate of drug-likeness (QED) is 0.799. The predicted molar refractivity (Wildman–Crippen MR) is 71.0 cm³/mol.